The molecule has 0 unspecified atom stereocenters. The lowest BCUT2D eigenvalue weighted by Gasteiger charge is -2.32. The fourth-order valence-corrected chi connectivity index (χ4v) is 2.07. The van der Waals surface area contributed by atoms with Crippen LogP contribution < -0.4 is 5.32 Å². The number of nitrogens with one attached hydrogen (secondary N) is 1. The van der Waals surface area contributed by atoms with Gasteiger partial charge in [0, 0.05) is 0 Å². The average molecular weight is 234 g/mol. The van der Waals surface area contributed by atoms with Crippen molar-refractivity contribution in [3.8, 4) is 0 Å². The van der Waals surface area contributed by atoms with E-state index in [9.17, 15) is 4.79 Å². The van der Waals surface area contributed by atoms with Gasteiger partial charge in [-0.3, -0.25) is 0 Å². The fourth-order valence-electron chi connectivity index (χ4n) is 1.72. The Bertz CT molecular complexity index is 229. The smallest absolute Gasteiger partial charge is 0.409 e. The number of amides is 1. The summed E-state index contributed by atoms with van der Waals surface area (Å²) in [7, 11) is 0. The normalized spacial score (nSPS) is 20.8. The topological polar surface area (TPSA) is 38.3 Å². The average Bonchev–Trinajstić information content (AvgIpc) is 1.99. The van der Waals surface area contributed by atoms with Crippen molar-refractivity contribution >= 4 is 17.7 Å². The molecule has 0 aromatic rings. The van der Waals surface area contributed by atoms with Crippen molar-refractivity contribution in [3.05, 3.63) is 0 Å². The quantitative estimate of drug-likeness (QED) is 0.557. The van der Waals surface area contributed by atoms with Gasteiger partial charge >= 0.3 is 6.09 Å². The van der Waals surface area contributed by atoms with Gasteiger partial charge in [-0.2, -0.15) is 0 Å². The Morgan fingerprint density at radius 3 is 2.27 bits per heavy atom. The molecule has 0 aromatic carbocycles. The number of alkyl halides is 1. The van der Waals surface area contributed by atoms with E-state index in [0.717, 1.165) is 25.7 Å². The first-order chi connectivity index (χ1) is 6.81. The molecule has 1 fully saturated rings. The monoisotopic (exact) mass is 233 g/mol. The summed E-state index contributed by atoms with van der Waals surface area (Å²) in [5.41, 5.74) is -0.466. The predicted octanol–water partition coefficient (Wildman–Crippen LogP) is 3.41. The van der Waals surface area contributed by atoms with E-state index in [4.69, 9.17) is 16.3 Å². The lowest BCUT2D eigenvalue weighted by Crippen LogP contribution is -2.47. The molecule has 1 N–H and O–H groups in total. The highest BCUT2D eigenvalue weighted by Gasteiger charge is 2.32. The van der Waals surface area contributed by atoms with Crippen LogP contribution in [0.3, 0.4) is 0 Å². The van der Waals surface area contributed by atoms with E-state index in [2.05, 4.69) is 5.32 Å². The van der Waals surface area contributed by atoms with Gasteiger partial charge in [0.1, 0.15) is 10.6 Å². The van der Waals surface area contributed by atoms with Crippen molar-refractivity contribution in [2.75, 3.05) is 0 Å². The van der Waals surface area contributed by atoms with Crippen LogP contribution in [0, 0.1) is 0 Å². The number of alkyl carbamates (subject to hydrolysis) is 1. The molecule has 1 saturated carbocycles. The minimum atomic E-state index is -0.583. The minimum absolute atomic E-state index is 0.417. The standard InChI is InChI=1S/C11H20ClNO2/c1-10(2,3)15-9(14)13-11(12)7-5-4-6-8-11/h4-8H2,1-3H3,(H,13,14). The molecule has 0 radical (unpaired) electrons. The molecule has 0 atom stereocenters. The summed E-state index contributed by atoms with van der Waals surface area (Å²) in [6.45, 7) is 5.52. The van der Waals surface area contributed by atoms with Gasteiger partial charge in [0.2, 0.25) is 0 Å². The molecule has 0 aromatic heterocycles. The Labute approximate surface area is 96.5 Å². The van der Waals surface area contributed by atoms with Crippen molar-refractivity contribution in [1.82, 2.24) is 5.32 Å². The minimum Gasteiger partial charge on any atom is -0.444 e. The molecule has 0 bridgehead atoms. The second-order valence-corrected chi connectivity index (χ2v) is 5.88. The molecule has 15 heavy (non-hydrogen) atoms. The van der Waals surface area contributed by atoms with Gasteiger partial charge in [-0.05, 0) is 46.5 Å². The molecule has 3 nitrogen and oxygen atoms in total. The zero-order valence-corrected chi connectivity index (χ0v) is 10.5. The molecule has 1 rings (SSSR count). The first kappa shape index (κ1) is 12.6. The molecular weight excluding hydrogens is 214 g/mol. The highest BCUT2D eigenvalue weighted by molar-refractivity contribution is 6.24. The Hall–Kier alpha value is -0.440. The van der Waals surface area contributed by atoms with Gasteiger partial charge in [-0.1, -0.05) is 18.0 Å². The maximum Gasteiger partial charge on any atom is 0.409 e. The number of carbonyl (C=O) groups excluding carboxylic acids is 1. The summed E-state index contributed by atoms with van der Waals surface area (Å²) >= 11 is 6.29. The maximum atomic E-state index is 11.5. The Morgan fingerprint density at radius 2 is 1.80 bits per heavy atom. The summed E-state index contributed by atoms with van der Waals surface area (Å²) in [6, 6.07) is 0. The van der Waals surface area contributed by atoms with Gasteiger partial charge in [0.05, 0.1) is 0 Å². The SMILES string of the molecule is CC(C)(C)OC(=O)NC1(Cl)CCCCC1. The van der Waals surface area contributed by atoms with E-state index in [1.807, 2.05) is 20.8 Å². The Morgan fingerprint density at radius 1 is 1.27 bits per heavy atom. The lowest BCUT2D eigenvalue weighted by atomic mass is 9.95. The van der Waals surface area contributed by atoms with E-state index < -0.39 is 16.7 Å². The van der Waals surface area contributed by atoms with Crippen molar-refractivity contribution < 1.29 is 9.53 Å². The number of halogens is 1. The van der Waals surface area contributed by atoms with Crippen LogP contribution in [-0.4, -0.2) is 16.7 Å². The summed E-state index contributed by atoms with van der Waals surface area (Å²) in [5, 5.41) is 2.76. The molecule has 0 aliphatic heterocycles. The van der Waals surface area contributed by atoms with Crippen molar-refractivity contribution in [2.45, 2.75) is 63.5 Å². The number of carbonyl (C=O) groups is 1. The van der Waals surface area contributed by atoms with Crippen molar-refractivity contribution in [2.24, 2.45) is 0 Å². The number of rotatable bonds is 1. The van der Waals surface area contributed by atoms with Gasteiger partial charge in [0.15, 0.2) is 0 Å². The van der Waals surface area contributed by atoms with Crippen LogP contribution in [0.1, 0.15) is 52.9 Å². The lowest BCUT2D eigenvalue weighted by molar-refractivity contribution is 0.0476. The van der Waals surface area contributed by atoms with E-state index in [0.29, 0.717) is 0 Å². The Kier molecular flexibility index (Phi) is 3.87. The molecule has 4 heteroatoms. The maximum absolute atomic E-state index is 11.5. The van der Waals surface area contributed by atoms with Gasteiger partial charge in [-0.25, -0.2) is 4.79 Å². The summed E-state index contributed by atoms with van der Waals surface area (Å²) in [5.74, 6) is 0. The van der Waals surface area contributed by atoms with Crippen LogP contribution >= 0.6 is 11.6 Å². The van der Waals surface area contributed by atoms with Crippen LogP contribution in [-0.2, 0) is 4.74 Å². The third-order valence-corrected chi connectivity index (χ3v) is 2.84. The first-order valence-corrected chi connectivity index (χ1v) is 5.89. The number of hydrogen-bond donors (Lipinski definition) is 1. The molecule has 0 heterocycles. The van der Waals surface area contributed by atoms with Gasteiger partial charge in [0.25, 0.3) is 0 Å². The number of ether oxygens (including phenoxy) is 1. The van der Waals surface area contributed by atoms with Crippen molar-refractivity contribution in [3.63, 3.8) is 0 Å². The highest BCUT2D eigenvalue weighted by Crippen LogP contribution is 2.31. The van der Waals surface area contributed by atoms with Crippen LogP contribution in [0.4, 0.5) is 4.79 Å². The molecular formula is C11H20ClNO2. The molecule has 0 saturated heterocycles. The molecule has 0 spiro atoms. The zero-order valence-electron chi connectivity index (χ0n) is 9.73. The van der Waals surface area contributed by atoms with Gasteiger partial charge in [-0.15, -0.1) is 0 Å². The summed E-state index contributed by atoms with van der Waals surface area (Å²) in [4.78, 5) is 10.9. The van der Waals surface area contributed by atoms with Crippen LogP contribution in [0.25, 0.3) is 0 Å². The van der Waals surface area contributed by atoms with E-state index in [1.54, 1.807) is 0 Å². The van der Waals surface area contributed by atoms with E-state index in [1.165, 1.54) is 6.42 Å². The first-order valence-electron chi connectivity index (χ1n) is 5.51. The predicted molar refractivity (Wildman–Crippen MR) is 61.0 cm³/mol. The third-order valence-electron chi connectivity index (χ3n) is 2.37. The molecule has 88 valence electrons. The molecule has 1 aliphatic carbocycles. The largest absolute Gasteiger partial charge is 0.444 e. The number of hydrogen-bond acceptors (Lipinski definition) is 2. The molecule has 1 aliphatic rings. The highest BCUT2D eigenvalue weighted by atomic mass is 35.5. The fraction of sp³-hybridized carbons (Fsp3) is 0.909. The van der Waals surface area contributed by atoms with Crippen LogP contribution in [0.5, 0.6) is 0 Å². The van der Waals surface area contributed by atoms with E-state index in [-0.39, 0.29) is 0 Å². The summed E-state index contributed by atoms with van der Waals surface area (Å²) < 4.78 is 5.17. The second-order valence-electron chi connectivity index (χ2n) is 5.15. The zero-order chi connectivity index (χ0) is 11.5. The van der Waals surface area contributed by atoms with Crippen molar-refractivity contribution in [1.29, 1.82) is 0 Å². The summed E-state index contributed by atoms with van der Waals surface area (Å²) in [6.07, 6.45) is 4.57. The van der Waals surface area contributed by atoms with E-state index >= 15 is 0 Å². The molecule has 1 amide bonds. The Balaban J connectivity index is 2.42. The van der Waals surface area contributed by atoms with Gasteiger partial charge < -0.3 is 10.1 Å². The third kappa shape index (κ3) is 4.74. The van der Waals surface area contributed by atoms with Crippen LogP contribution in [0.2, 0.25) is 0 Å². The second kappa shape index (κ2) is 4.60. The van der Waals surface area contributed by atoms with Crippen LogP contribution in [0.15, 0.2) is 0 Å².